The molecule has 6 rings (SSSR count). The predicted octanol–water partition coefficient (Wildman–Crippen LogP) is 5.52. The Bertz CT molecular complexity index is 1130. The number of nitrogens with zero attached hydrogens (tertiary/aromatic N) is 1. The number of benzene rings is 3. The van der Waals surface area contributed by atoms with Crippen LogP contribution in [-0.2, 0) is 20.9 Å². The van der Waals surface area contributed by atoms with Crippen molar-refractivity contribution in [3.8, 4) is 0 Å². The molecular weight excluding hydrogens is 462 g/mol. The van der Waals surface area contributed by atoms with E-state index in [2.05, 4.69) is 0 Å². The minimum Gasteiger partial charge on any atom is -0.480 e. The van der Waals surface area contributed by atoms with Crippen LogP contribution in [0.2, 0.25) is 5.02 Å². The van der Waals surface area contributed by atoms with E-state index in [9.17, 15) is 14.7 Å². The van der Waals surface area contributed by atoms with Crippen LogP contribution in [0, 0.1) is 5.92 Å². The third-order valence-electron chi connectivity index (χ3n) is 7.31. The quantitative estimate of drug-likeness (QED) is 0.474. The number of aliphatic carboxylic acids is 1. The van der Waals surface area contributed by atoms with Crippen LogP contribution in [-0.4, -0.2) is 40.1 Å². The maximum absolute atomic E-state index is 14.1. The first kappa shape index (κ1) is 23.6. The number of ether oxygens (including phenoxy) is 1. The first-order valence-corrected chi connectivity index (χ1v) is 12.4. The molecule has 0 spiro atoms. The zero-order valence-corrected chi connectivity index (χ0v) is 20.1. The van der Waals surface area contributed by atoms with Crippen LogP contribution >= 0.6 is 11.6 Å². The van der Waals surface area contributed by atoms with Gasteiger partial charge in [0.05, 0.1) is 18.6 Å². The monoisotopic (exact) mass is 489 g/mol. The summed E-state index contributed by atoms with van der Waals surface area (Å²) < 4.78 is 6.24. The standard InChI is InChI=1S/C29H28ClNO4/c30-22-13-11-19(12-14-22)18-35-25-17-23-15-16-24(25)27(29(33)34)31(23)28(32)26(20-7-3-1-4-8-20)21-9-5-2-6-10-21/h1-14,23-27H,15-18H2,(H,33,34)/t23-,24+,25?,27+/m0/s1. The lowest BCUT2D eigenvalue weighted by Crippen LogP contribution is -2.65. The highest BCUT2D eigenvalue weighted by atomic mass is 35.5. The van der Waals surface area contributed by atoms with Crippen LogP contribution in [0.15, 0.2) is 84.9 Å². The molecule has 5 nitrogen and oxygen atoms in total. The van der Waals surface area contributed by atoms with Crippen LogP contribution in [0.25, 0.3) is 0 Å². The number of hydrogen-bond acceptors (Lipinski definition) is 3. The predicted molar refractivity (Wildman–Crippen MR) is 134 cm³/mol. The Kier molecular flexibility index (Phi) is 6.89. The van der Waals surface area contributed by atoms with Crippen molar-refractivity contribution < 1.29 is 19.4 Å². The lowest BCUT2D eigenvalue weighted by atomic mass is 9.71. The van der Waals surface area contributed by atoms with Gasteiger partial charge >= 0.3 is 5.97 Å². The molecule has 3 fully saturated rings. The topological polar surface area (TPSA) is 66.8 Å². The number of rotatable bonds is 7. The first-order valence-electron chi connectivity index (χ1n) is 12.0. The molecular formula is C29H28ClNO4. The second-order valence-electron chi connectivity index (χ2n) is 9.39. The molecule has 3 aromatic rings. The van der Waals surface area contributed by atoms with Crippen molar-refractivity contribution >= 4 is 23.5 Å². The Morgan fingerprint density at radius 1 is 0.914 bits per heavy atom. The lowest BCUT2D eigenvalue weighted by Gasteiger charge is -2.53. The third kappa shape index (κ3) is 4.84. The summed E-state index contributed by atoms with van der Waals surface area (Å²) in [6, 6.07) is 25.6. The average Bonchev–Trinajstić information content (AvgIpc) is 2.89. The van der Waals surface area contributed by atoms with E-state index in [4.69, 9.17) is 16.3 Å². The van der Waals surface area contributed by atoms with E-state index in [-0.39, 0.29) is 24.0 Å². The van der Waals surface area contributed by atoms with Crippen molar-refractivity contribution in [2.75, 3.05) is 0 Å². The highest BCUT2D eigenvalue weighted by Crippen LogP contribution is 2.44. The van der Waals surface area contributed by atoms with Crippen LogP contribution < -0.4 is 0 Å². The number of carboxylic acids is 1. The molecule has 3 aromatic carbocycles. The molecule has 0 aromatic heterocycles. The molecule has 1 aliphatic carbocycles. The van der Waals surface area contributed by atoms with Gasteiger partial charge in [-0.2, -0.15) is 0 Å². The van der Waals surface area contributed by atoms with Gasteiger partial charge in [-0.1, -0.05) is 84.4 Å². The number of carboxylic acid groups (broad SMARTS) is 1. The van der Waals surface area contributed by atoms with Gasteiger partial charge in [-0.3, -0.25) is 4.79 Å². The molecule has 1 unspecified atom stereocenters. The number of hydrogen-bond donors (Lipinski definition) is 1. The maximum atomic E-state index is 14.1. The molecule has 1 N–H and O–H groups in total. The summed E-state index contributed by atoms with van der Waals surface area (Å²) in [5, 5.41) is 10.9. The minimum absolute atomic E-state index is 0.152. The Morgan fingerprint density at radius 2 is 1.51 bits per heavy atom. The molecule has 3 aliphatic rings. The fourth-order valence-electron chi connectivity index (χ4n) is 5.69. The van der Waals surface area contributed by atoms with Crippen LogP contribution in [0.4, 0.5) is 0 Å². The molecule has 35 heavy (non-hydrogen) atoms. The summed E-state index contributed by atoms with van der Waals surface area (Å²) in [4.78, 5) is 28.3. The number of fused-ring (bicyclic) bond motifs is 3. The van der Waals surface area contributed by atoms with Gasteiger partial charge < -0.3 is 14.7 Å². The molecule has 2 saturated heterocycles. The van der Waals surface area contributed by atoms with Gasteiger partial charge in [0.15, 0.2) is 0 Å². The number of piperidine rings is 2. The summed E-state index contributed by atoms with van der Waals surface area (Å²) in [6.45, 7) is 0.391. The second kappa shape index (κ2) is 10.2. The minimum atomic E-state index is -0.965. The Labute approximate surface area is 210 Å². The van der Waals surface area contributed by atoms with Gasteiger partial charge in [0, 0.05) is 17.0 Å². The maximum Gasteiger partial charge on any atom is 0.326 e. The number of carbonyl (C=O) groups is 2. The van der Waals surface area contributed by atoms with Crippen LogP contribution in [0.3, 0.4) is 0 Å². The van der Waals surface area contributed by atoms with E-state index < -0.39 is 17.9 Å². The van der Waals surface area contributed by atoms with Gasteiger partial charge in [-0.15, -0.1) is 0 Å². The molecule has 4 atom stereocenters. The zero-order valence-electron chi connectivity index (χ0n) is 19.3. The largest absolute Gasteiger partial charge is 0.480 e. The summed E-state index contributed by atoms with van der Waals surface area (Å²) in [5.41, 5.74) is 2.72. The van der Waals surface area contributed by atoms with Crippen molar-refractivity contribution in [2.45, 2.75) is 50.0 Å². The van der Waals surface area contributed by atoms with E-state index in [1.807, 2.05) is 84.9 Å². The Balaban J connectivity index is 1.42. The fourth-order valence-corrected chi connectivity index (χ4v) is 5.82. The fraction of sp³-hybridized carbons (Fsp3) is 0.310. The molecule has 2 bridgehead atoms. The number of halogens is 1. The van der Waals surface area contributed by atoms with Crippen molar-refractivity contribution in [3.63, 3.8) is 0 Å². The molecule has 6 heteroatoms. The molecule has 2 aliphatic heterocycles. The molecule has 1 amide bonds. The van der Waals surface area contributed by atoms with E-state index >= 15 is 0 Å². The Hall–Kier alpha value is -3.15. The van der Waals surface area contributed by atoms with Gasteiger partial charge in [-0.05, 0) is 48.1 Å². The van der Waals surface area contributed by atoms with Crippen LogP contribution in [0.1, 0.15) is 41.9 Å². The second-order valence-corrected chi connectivity index (χ2v) is 9.83. The molecule has 0 radical (unpaired) electrons. The van der Waals surface area contributed by atoms with Gasteiger partial charge in [0.2, 0.25) is 5.91 Å². The third-order valence-corrected chi connectivity index (χ3v) is 7.56. The summed E-state index contributed by atoms with van der Waals surface area (Å²) in [7, 11) is 0. The lowest BCUT2D eigenvalue weighted by molar-refractivity contribution is -0.177. The van der Waals surface area contributed by atoms with E-state index in [1.165, 1.54) is 0 Å². The van der Waals surface area contributed by atoms with Crippen molar-refractivity contribution in [3.05, 3.63) is 107 Å². The van der Waals surface area contributed by atoms with E-state index in [1.54, 1.807) is 4.90 Å². The highest BCUT2D eigenvalue weighted by Gasteiger charge is 2.53. The summed E-state index contributed by atoms with van der Waals surface area (Å²) >= 11 is 5.98. The molecule has 1 saturated carbocycles. The normalized spacial score (nSPS) is 23.4. The summed E-state index contributed by atoms with van der Waals surface area (Å²) in [5.74, 6) is -1.92. The summed E-state index contributed by atoms with van der Waals surface area (Å²) in [6.07, 6.45) is 1.96. The number of amides is 1. The average molecular weight is 490 g/mol. The molecule has 180 valence electrons. The first-order chi connectivity index (χ1) is 17.0. The highest BCUT2D eigenvalue weighted by molar-refractivity contribution is 6.30. The smallest absolute Gasteiger partial charge is 0.326 e. The number of carbonyl (C=O) groups excluding carboxylic acids is 1. The van der Waals surface area contributed by atoms with Crippen molar-refractivity contribution in [1.29, 1.82) is 0 Å². The van der Waals surface area contributed by atoms with Crippen molar-refractivity contribution in [1.82, 2.24) is 4.90 Å². The SMILES string of the molecule is O=C(O)[C@H]1[C@@H]2CC[C@@H](CC2OCc2ccc(Cl)cc2)N1C(=O)C(c1ccccc1)c1ccccc1. The van der Waals surface area contributed by atoms with E-state index in [0.717, 1.165) is 29.5 Å². The Morgan fingerprint density at radius 3 is 2.09 bits per heavy atom. The van der Waals surface area contributed by atoms with Gasteiger partial charge in [-0.25, -0.2) is 4.79 Å². The van der Waals surface area contributed by atoms with E-state index in [0.29, 0.717) is 18.1 Å². The van der Waals surface area contributed by atoms with Crippen LogP contribution in [0.5, 0.6) is 0 Å². The van der Waals surface area contributed by atoms with Gasteiger partial charge in [0.1, 0.15) is 6.04 Å². The zero-order chi connectivity index (χ0) is 24.4. The van der Waals surface area contributed by atoms with Gasteiger partial charge in [0.25, 0.3) is 0 Å². The molecule has 2 heterocycles. The van der Waals surface area contributed by atoms with Crippen molar-refractivity contribution in [2.24, 2.45) is 5.92 Å².